The van der Waals surface area contributed by atoms with Gasteiger partial charge in [-0.1, -0.05) is 18.2 Å². The van der Waals surface area contributed by atoms with Crippen molar-refractivity contribution in [3.05, 3.63) is 53.5 Å². The van der Waals surface area contributed by atoms with E-state index in [2.05, 4.69) is 41.2 Å². The summed E-state index contributed by atoms with van der Waals surface area (Å²) < 4.78 is 13.4. The zero-order chi connectivity index (χ0) is 14.5. The van der Waals surface area contributed by atoms with Gasteiger partial charge in [-0.15, -0.1) is 0 Å². The Morgan fingerprint density at radius 1 is 1.30 bits per heavy atom. The number of pyridine rings is 1. The fourth-order valence-electron chi connectivity index (χ4n) is 2.34. The molecule has 2 aromatic rings. The average molecular weight is 273 g/mol. The number of halogens is 1. The van der Waals surface area contributed by atoms with Gasteiger partial charge in [-0.2, -0.15) is 0 Å². The molecule has 0 fully saturated rings. The minimum absolute atomic E-state index is 0.306. The van der Waals surface area contributed by atoms with Gasteiger partial charge in [0.15, 0.2) is 0 Å². The molecule has 106 valence electrons. The van der Waals surface area contributed by atoms with Gasteiger partial charge < -0.3 is 10.2 Å². The largest absolute Gasteiger partial charge is 0.326 e. The van der Waals surface area contributed by atoms with Crippen molar-refractivity contribution >= 4 is 11.5 Å². The average Bonchev–Trinajstić information content (AvgIpc) is 2.44. The van der Waals surface area contributed by atoms with Crippen LogP contribution in [0.4, 0.5) is 15.9 Å². The predicted octanol–water partition coefficient (Wildman–Crippen LogP) is 3.41. The number of rotatable bonds is 5. The van der Waals surface area contributed by atoms with Crippen molar-refractivity contribution < 1.29 is 4.39 Å². The maximum Gasteiger partial charge on any atom is 0.141 e. The summed E-state index contributed by atoms with van der Waals surface area (Å²) in [6.45, 7) is 5.50. The maximum absolute atomic E-state index is 13.4. The Hall–Kier alpha value is -1.94. The van der Waals surface area contributed by atoms with Gasteiger partial charge in [0.05, 0.1) is 6.20 Å². The van der Waals surface area contributed by atoms with E-state index in [0.29, 0.717) is 6.54 Å². The van der Waals surface area contributed by atoms with E-state index in [0.717, 1.165) is 23.6 Å². The number of nitrogens with one attached hydrogen (secondary N) is 1. The molecule has 0 aliphatic heterocycles. The summed E-state index contributed by atoms with van der Waals surface area (Å²) in [4.78, 5) is 6.41. The topological polar surface area (TPSA) is 28.2 Å². The highest BCUT2D eigenvalue weighted by atomic mass is 19.1. The number of aromatic nitrogens is 1. The highest BCUT2D eigenvalue weighted by Gasteiger charge is 2.15. The summed E-state index contributed by atoms with van der Waals surface area (Å²) in [6.07, 6.45) is 1.27. The fraction of sp³-hybridized carbons (Fsp3) is 0.312. The van der Waals surface area contributed by atoms with Crippen LogP contribution in [0.15, 0.2) is 36.5 Å². The van der Waals surface area contributed by atoms with Crippen LogP contribution in [0.5, 0.6) is 0 Å². The van der Waals surface area contributed by atoms with E-state index in [-0.39, 0.29) is 5.82 Å². The Balaban J connectivity index is 2.49. The standard InChI is InChI=1S/C16H20FN3/c1-4-20(15-8-6-5-7-12(15)2)16-13(10-18-3)9-14(17)11-19-16/h5-9,11,18H,4,10H2,1-3H3. The van der Waals surface area contributed by atoms with E-state index in [1.54, 1.807) is 6.07 Å². The number of hydrogen-bond donors (Lipinski definition) is 1. The molecule has 0 aliphatic rings. The summed E-state index contributed by atoms with van der Waals surface area (Å²) in [5.74, 6) is 0.498. The highest BCUT2D eigenvalue weighted by Crippen LogP contribution is 2.29. The molecule has 0 radical (unpaired) electrons. The predicted molar refractivity (Wildman–Crippen MR) is 80.8 cm³/mol. The van der Waals surface area contributed by atoms with Crippen molar-refractivity contribution in [3.8, 4) is 0 Å². The fourth-order valence-corrected chi connectivity index (χ4v) is 2.34. The van der Waals surface area contributed by atoms with Crippen LogP contribution >= 0.6 is 0 Å². The van der Waals surface area contributed by atoms with Gasteiger partial charge in [-0.3, -0.25) is 0 Å². The second-order valence-electron chi connectivity index (χ2n) is 4.70. The van der Waals surface area contributed by atoms with Crippen molar-refractivity contribution in [2.45, 2.75) is 20.4 Å². The molecule has 1 heterocycles. The van der Waals surface area contributed by atoms with Gasteiger partial charge >= 0.3 is 0 Å². The van der Waals surface area contributed by atoms with Crippen molar-refractivity contribution in [1.82, 2.24) is 10.3 Å². The minimum Gasteiger partial charge on any atom is -0.326 e. The number of nitrogens with zero attached hydrogens (tertiary/aromatic N) is 2. The lowest BCUT2D eigenvalue weighted by atomic mass is 10.1. The van der Waals surface area contributed by atoms with E-state index in [1.165, 1.54) is 11.8 Å². The van der Waals surface area contributed by atoms with Gasteiger partial charge in [0.2, 0.25) is 0 Å². The van der Waals surface area contributed by atoms with Crippen molar-refractivity contribution in [1.29, 1.82) is 0 Å². The molecular weight excluding hydrogens is 253 g/mol. The summed E-state index contributed by atoms with van der Waals surface area (Å²) >= 11 is 0. The first-order valence-corrected chi connectivity index (χ1v) is 6.79. The first-order valence-electron chi connectivity index (χ1n) is 6.79. The summed E-state index contributed by atoms with van der Waals surface area (Å²) in [5, 5.41) is 3.06. The van der Waals surface area contributed by atoms with E-state index in [4.69, 9.17) is 0 Å². The summed E-state index contributed by atoms with van der Waals surface area (Å²) in [5.41, 5.74) is 3.14. The third kappa shape index (κ3) is 2.96. The SMILES string of the molecule is CCN(c1ccccc1C)c1ncc(F)cc1CNC. The quantitative estimate of drug-likeness (QED) is 0.905. The maximum atomic E-state index is 13.4. The smallest absolute Gasteiger partial charge is 0.141 e. The first kappa shape index (κ1) is 14.5. The van der Waals surface area contributed by atoms with Crippen LogP contribution in [0.3, 0.4) is 0 Å². The molecule has 1 aromatic heterocycles. The number of aryl methyl sites for hydroxylation is 1. The third-order valence-electron chi connectivity index (χ3n) is 3.25. The third-order valence-corrected chi connectivity index (χ3v) is 3.25. The van der Waals surface area contributed by atoms with Gasteiger partial charge in [0.1, 0.15) is 11.6 Å². The van der Waals surface area contributed by atoms with Crippen LogP contribution in [0.2, 0.25) is 0 Å². The molecule has 1 N–H and O–H groups in total. The first-order chi connectivity index (χ1) is 9.67. The lowest BCUT2D eigenvalue weighted by molar-refractivity contribution is 0.616. The molecule has 20 heavy (non-hydrogen) atoms. The molecule has 0 saturated heterocycles. The van der Waals surface area contributed by atoms with Crippen LogP contribution in [-0.2, 0) is 6.54 Å². The van der Waals surface area contributed by atoms with Crippen molar-refractivity contribution in [3.63, 3.8) is 0 Å². The monoisotopic (exact) mass is 273 g/mol. The molecule has 0 saturated carbocycles. The van der Waals surface area contributed by atoms with E-state index < -0.39 is 0 Å². The van der Waals surface area contributed by atoms with Crippen LogP contribution in [0.1, 0.15) is 18.1 Å². The number of hydrogen-bond acceptors (Lipinski definition) is 3. The molecule has 0 unspecified atom stereocenters. The lowest BCUT2D eigenvalue weighted by Crippen LogP contribution is -2.21. The van der Waals surface area contributed by atoms with Crippen LogP contribution < -0.4 is 10.2 Å². The van der Waals surface area contributed by atoms with E-state index in [9.17, 15) is 4.39 Å². The van der Waals surface area contributed by atoms with Gasteiger partial charge in [0.25, 0.3) is 0 Å². The zero-order valence-electron chi connectivity index (χ0n) is 12.2. The number of para-hydroxylation sites is 1. The molecule has 0 amide bonds. The van der Waals surface area contributed by atoms with Crippen molar-refractivity contribution in [2.75, 3.05) is 18.5 Å². The van der Waals surface area contributed by atoms with Crippen LogP contribution in [0.25, 0.3) is 0 Å². The highest BCUT2D eigenvalue weighted by molar-refractivity contribution is 5.65. The Bertz CT molecular complexity index is 584. The Kier molecular flexibility index (Phi) is 4.69. The second kappa shape index (κ2) is 6.48. The zero-order valence-corrected chi connectivity index (χ0v) is 12.2. The molecule has 4 heteroatoms. The van der Waals surface area contributed by atoms with Crippen LogP contribution in [0, 0.1) is 12.7 Å². The number of anilines is 2. The molecule has 1 aromatic carbocycles. The van der Waals surface area contributed by atoms with Gasteiger partial charge in [-0.05, 0) is 38.6 Å². The Morgan fingerprint density at radius 2 is 2.05 bits per heavy atom. The second-order valence-corrected chi connectivity index (χ2v) is 4.70. The summed E-state index contributed by atoms with van der Waals surface area (Å²) in [6, 6.07) is 9.69. The number of benzene rings is 1. The van der Waals surface area contributed by atoms with Gasteiger partial charge in [0, 0.05) is 24.3 Å². The Morgan fingerprint density at radius 3 is 2.70 bits per heavy atom. The molecule has 0 bridgehead atoms. The van der Waals surface area contributed by atoms with Crippen molar-refractivity contribution in [2.24, 2.45) is 0 Å². The van der Waals surface area contributed by atoms with E-state index in [1.807, 2.05) is 19.2 Å². The summed E-state index contributed by atoms with van der Waals surface area (Å²) in [7, 11) is 1.85. The molecule has 0 spiro atoms. The van der Waals surface area contributed by atoms with Gasteiger partial charge in [-0.25, -0.2) is 9.37 Å². The minimum atomic E-state index is -0.306. The van der Waals surface area contributed by atoms with E-state index >= 15 is 0 Å². The molecule has 3 nitrogen and oxygen atoms in total. The normalized spacial score (nSPS) is 10.6. The molecule has 0 aliphatic carbocycles. The molecular formula is C16H20FN3. The van der Waals surface area contributed by atoms with Crippen LogP contribution in [-0.4, -0.2) is 18.6 Å². The molecule has 0 atom stereocenters. The Labute approximate surface area is 119 Å². The molecule has 2 rings (SSSR count). The lowest BCUT2D eigenvalue weighted by Gasteiger charge is -2.26.